The molecule has 124 valence electrons. The summed E-state index contributed by atoms with van der Waals surface area (Å²) in [6, 6.07) is 0. The summed E-state index contributed by atoms with van der Waals surface area (Å²) in [7, 11) is 0. The maximum Gasteiger partial charge on any atom is 0.423 e. The standard InChI is InChI=1S/C8H2ClF11O/c9-2-1-4(10,11)8(19,20)5(2,12)21-3(6(13,14)15)7(16,17)18/h1,3H. The molecule has 1 aliphatic carbocycles. The number of rotatable bonds is 2. The summed E-state index contributed by atoms with van der Waals surface area (Å²) >= 11 is 4.60. The molecule has 0 bridgehead atoms. The van der Waals surface area contributed by atoms with E-state index in [9.17, 15) is 48.3 Å². The number of hydrogen-bond donors (Lipinski definition) is 0. The van der Waals surface area contributed by atoms with Crippen molar-refractivity contribution in [2.45, 2.75) is 36.2 Å². The Balaban J connectivity index is 3.30. The topological polar surface area (TPSA) is 9.23 Å². The van der Waals surface area contributed by atoms with Crippen LogP contribution in [0.3, 0.4) is 0 Å². The van der Waals surface area contributed by atoms with Crippen LogP contribution in [0.25, 0.3) is 0 Å². The summed E-state index contributed by atoms with van der Waals surface area (Å²) in [5.74, 6) is -17.0. The van der Waals surface area contributed by atoms with Crippen LogP contribution in [-0.2, 0) is 4.74 Å². The molecule has 0 aromatic carbocycles. The van der Waals surface area contributed by atoms with Crippen LogP contribution in [0.4, 0.5) is 48.3 Å². The van der Waals surface area contributed by atoms with Crippen molar-refractivity contribution < 1.29 is 53.0 Å². The van der Waals surface area contributed by atoms with Crippen LogP contribution in [-0.4, -0.2) is 36.2 Å². The van der Waals surface area contributed by atoms with E-state index in [0.717, 1.165) is 0 Å². The first-order valence-corrected chi connectivity index (χ1v) is 4.99. The molecule has 0 aromatic heterocycles. The van der Waals surface area contributed by atoms with Crippen LogP contribution in [0.5, 0.6) is 0 Å². The molecular weight excluding hydrogens is 357 g/mol. The molecule has 1 nitrogen and oxygen atoms in total. The molecule has 1 rings (SSSR count). The van der Waals surface area contributed by atoms with Gasteiger partial charge in [0.05, 0.1) is 5.03 Å². The van der Waals surface area contributed by atoms with E-state index >= 15 is 0 Å². The van der Waals surface area contributed by atoms with Gasteiger partial charge < -0.3 is 4.74 Å². The third kappa shape index (κ3) is 2.79. The lowest BCUT2D eigenvalue weighted by molar-refractivity contribution is -0.392. The Hall–Kier alpha value is -0.780. The van der Waals surface area contributed by atoms with Crippen LogP contribution in [0.2, 0.25) is 0 Å². The zero-order valence-corrected chi connectivity index (χ0v) is 9.85. The van der Waals surface area contributed by atoms with Gasteiger partial charge in [0.2, 0.25) is 0 Å². The number of halogens is 12. The average molecular weight is 359 g/mol. The minimum atomic E-state index is -6.39. The van der Waals surface area contributed by atoms with E-state index in [0.29, 0.717) is 0 Å². The van der Waals surface area contributed by atoms with Crippen molar-refractivity contribution in [3.05, 3.63) is 11.1 Å². The molecule has 0 amide bonds. The highest BCUT2D eigenvalue weighted by Crippen LogP contribution is 2.58. The highest BCUT2D eigenvalue weighted by Gasteiger charge is 2.79. The zero-order chi connectivity index (χ0) is 17.1. The van der Waals surface area contributed by atoms with Crippen LogP contribution in [0.15, 0.2) is 11.1 Å². The predicted molar refractivity (Wildman–Crippen MR) is 44.7 cm³/mol. The Bertz CT molecular complexity index is 436. The van der Waals surface area contributed by atoms with Crippen molar-refractivity contribution in [1.82, 2.24) is 0 Å². The highest BCUT2D eigenvalue weighted by molar-refractivity contribution is 6.31. The van der Waals surface area contributed by atoms with E-state index in [1.54, 1.807) is 0 Å². The molecule has 1 atom stereocenters. The number of ether oxygens (including phenoxy) is 1. The summed E-state index contributed by atoms with van der Waals surface area (Å²) in [5, 5.41) is -2.32. The molecule has 0 aromatic rings. The third-order valence-electron chi connectivity index (χ3n) is 2.31. The molecule has 0 saturated carbocycles. The lowest BCUT2D eigenvalue weighted by atomic mass is 10.1. The van der Waals surface area contributed by atoms with Crippen LogP contribution < -0.4 is 0 Å². The van der Waals surface area contributed by atoms with Gasteiger partial charge in [-0.3, -0.25) is 0 Å². The van der Waals surface area contributed by atoms with E-state index in [4.69, 9.17) is 0 Å². The van der Waals surface area contributed by atoms with Gasteiger partial charge in [-0.2, -0.15) is 48.3 Å². The Morgan fingerprint density at radius 2 is 1.29 bits per heavy atom. The Morgan fingerprint density at radius 3 is 1.52 bits per heavy atom. The lowest BCUT2D eigenvalue weighted by Gasteiger charge is -2.34. The quantitative estimate of drug-likeness (QED) is 0.657. The first-order chi connectivity index (χ1) is 8.97. The van der Waals surface area contributed by atoms with Gasteiger partial charge >= 0.3 is 30.1 Å². The predicted octanol–water partition coefficient (Wildman–Crippen LogP) is 4.57. The molecule has 0 N–H and O–H groups in total. The average Bonchev–Trinajstić information content (AvgIpc) is 2.30. The van der Waals surface area contributed by atoms with Crippen molar-refractivity contribution >= 4 is 11.6 Å². The minimum Gasteiger partial charge on any atom is -0.314 e. The van der Waals surface area contributed by atoms with E-state index in [1.165, 1.54) is 0 Å². The second-order valence-corrected chi connectivity index (χ2v) is 4.27. The van der Waals surface area contributed by atoms with Gasteiger partial charge in [0.25, 0.3) is 6.10 Å². The fourth-order valence-electron chi connectivity index (χ4n) is 1.32. The van der Waals surface area contributed by atoms with E-state index in [1.807, 2.05) is 0 Å². The Kier molecular flexibility index (Phi) is 4.01. The number of allylic oxidation sites excluding steroid dienone is 1. The fourth-order valence-corrected chi connectivity index (χ4v) is 1.62. The van der Waals surface area contributed by atoms with Gasteiger partial charge in [0, 0.05) is 6.08 Å². The van der Waals surface area contributed by atoms with Gasteiger partial charge in [-0.05, 0) is 0 Å². The molecule has 0 saturated heterocycles. The smallest absolute Gasteiger partial charge is 0.314 e. The molecule has 21 heavy (non-hydrogen) atoms. The third-order valence-corrected chi connectivity index (χ3v) is 2.66. The van der Waals surface area contributed by atoms with Crippen LogP contribution in [0, 0.1) is 0 Å². The monoisotopic (exact) mass is 358 g/mol. The van der Waals surface area contributed by atoms with Gasteiger partial charge in [-0.1, -0.05) is 11.6 Å². The zero-order valence-electron chi connectivity index (χ0n) is 9.10. The van der Waals surface area contributed by atoms with Crippen LogP contribution in [0.1, 0.15) is 0 Å². The van der Waals surface area contributed by atoms with Crippen molar-refractivity contribution in [1.29, 1.82) is 0 Å². The molecule has 1 unspecified atom stereocenters. The molecular formula is C8H2ClF11O. The lowest BCUT2D eigenvalue weighted by Crippen LogP contribution is -2.58. The second kappa shape index (κ2) is 4.61. The Labute approximate surface area is 113 Å². The van der Waals surface area contributed by atoms with Gasteiger partial charge in [-0.25, -0.2) is 0 Å². The minimum absolute atomic E-state index is 1.02. The molecule has 0 aliphatic heterocycles. The summed E-state index contributed by atoms with van der Waals surface area (Å²) in [5.41, 5.74) is 0. The molecule has 0 radical (unpaired) electrons. The molecule has 0 heterocycles. The van der Waals surface area contributed by atoms with Gasteiger partial charge in [0.15, 0.2) is 0 Å². The van der Waals surface area contributed by atoms with E-state index in [-0.39, 0.29) is 0 Å². The van der Waals surface area contributed by atoms with Crippen molar-refractivity contribution in [2.75, 3.05) is 0 Å². The fraction of sp³-hybridized carbons (Fsp3) is 0.750. The molecule has 0 fully saturated rings. The maximum atomic E-state index is 13.6. The molecule has 1 aliphatic rings. The second-order valence-electron chi connectivity index (χ2n) is 3.87. The summed E-state index contributed by atoms with van der Waals surface area (Å²) in [6.45, 7) is 0. The summed E-state index contributed by atoms with van der Waals surface area (Å²) < 4.78 is 140. The highest BCUT2D eigenvalue weighted by atomic mass is 35.5. The maximum absolute atomic E-state index is 13.6. The van der Waals surface area contributed by atoms with Crippen molar-refractivity contribution in [3.8, 4) is 0 Å². The van der Waals surface area contributed by atoms with Crippen LogP contribution >= 0.6 is 11.6 Å². The Morgan fingerprint density at radius 1 is 0.905 bits per heavy atom. The number of hydrogen-bond acceptors (Lipinski definition) is 1. The van der Waals surface area contributed by atoms with Crippen molar-refractivity contribution in [2.24, 2.45) is 0 Å². The number of alkyl halides is 11. The first kappa shape index (κ1) is 18.3. The first-order valence-electron chi connectivity index (χ1n) is 4.61. The van der Waals surface area contributed by atoms with E-state index < -0.39 is 47.3 Å². The molecule has 0 spiro atoms. The summed E-state index contributed by atoms with van der Waals surface area (Å²) in [4.78, 5) is 0. The van der Waals surface area contributed by atoms with E-state index in [2.05, 4.69) is 16.3 Å². The summed E-state index contributed by atoms with van der Waals surface area (Å²) in [6.07, 6.45) is -18.9. The normalized spacial score (nSPS) is 28.9. The van der Waals surface area contributed by atoms with Crippen molar-refractivity contribution in [3.63, 3.8) is 0 Å². The SMILES string of the molecule is FC(F)(F)C(OC1(F)C(Cl)=CC(F)(F)C1(F)F)C(F)(F)F. The largest absolute Gasteiger partial charge is 0.423 e. The van der Waals surface area contributed by atoms with Gasteiger partial charge in [-0.15, -0.1) is 0 Å². The molecule has 13 heteroatoms. The van der Waals surface area contributed by atoms with Gasteiger partial charge in [0.1, 0.15) is 0 Å².